The third-order valence-corrected chi connectivity index (χ3v) is 5.26. The summed E-state index contributed by atoms with van der Waals surface area (Å²) in [5, 5.41) is 4.81. The molecule has 18 heavy (non-hydrogen) atoms. The van der Waals surface area contributed by atoms with Gasteiger partial charge in [0.2, 0.25) is 0 Å². The number of hydrogen-bond acceptors (Lipinski definition) is 5. The minimum absolute atomic E-state index is 0.244. The van der Waals surface area contributed by atoms with Gasteiger partial charge in [0.05, 0.1) is 17.2 Å². The number of thiazole rings is 2. The van der Waals surface area contributed by atoms with Gasteiger partial charge in [-0.25, -0.2) is 4.98 Å². The highest BCUT2D eigenvalue weighted by Gasteiger charge is 2.23. The number of hydrogen-bond donors (Lipinski definition) is 1. The number of aryl methyl sites for hydroxylation is 2. The Morgan fingerprint density at radius 2 is 2.39 bits per heavy atom. The summed E-state index contributed by atoms with van der Waals surface area (Å²) in [5.41, 5.74) is 3.24. The van der Waals surface area contributed by atoms with E-state index in [9.17, 15) is 0 Å². The molecule has 3 rings (SSSR count). The van der Waals surface area contributed by atoms with Gasteiger partial charge in [-0.3, -0.25) is 4.98 Å². The molecule has 2 aromatic heterocycles. The van der Waals surface area contributed by atoms with Gasteiger partial charge < -0.3 is 5.32 Å². The topological polar surface area (TPSA) is 37.8 Å². The zero-order chi connectivity index (χ0) is 12.4. The lowest BCUT2D eigenvalue weighted by molar-refractivity contribution is 0.601. The highest BCUT2D eigenvalue weighted by molar-refractivity contribution is 7.12. The average molecular weight is 279 g/mol. The van der Waals surface area contributed by atoms with E-state index in [4.69, 9.17) is 4.98 Å². The van der Waals surface area contributed by atoms with Crippen molar-refractivity contribution in [3.05, 3.63) is 32.2 Å². The normalized spacial score (nSPS) is 15.8. The fourth-order valence-corrected chi connectivity index (χ4v) is 4.32. The number of nitrogens with one attached hydrogen (secondary N) is 1. The Kier molecular flexibility index (Phi) is 3.72. The van der Waals surface area contributed by atoms with Crippen molar-refractivity contribution in [2.45, 2.75) is 38.6 Å². The summed E-state index contributed by atoms with van der Waals surface area (Å²) in [6.45, 7) is 3.21. The van der Waals surface area contributed by atoms with E-state index in [1.165, 1.54) is 33.3 Å². The summed E-state index contributed by atoms with van der Waals surface area (Å²) in [7, 11) is 0. The van der Waals surface area contributed by atoms with E-state index in [-0.39, 0.29) is 6.04 Å². The summed E-state index contributed by atoms with van der Waals surface area (Å²) in [6, 6.07) is 0.244. The third-order valence-electron chi connectivity index (χ3n) is 3.19. The van der Waals surface area contributed by atoms with Crippen molar-refractivity contribution in [1.29, 1.82) is 0 Å². The van der Waals surface area contributed by atoms with Crippen LogP contribution in [0.3, 0.4) is 0 Å². The summed E-state index contributed by atoms with van der Waals surface area (Å²) >= 11 is 3.59. The zero-order valence-electron chi connectivity index (χ0n) is 10.5. The lowest BCUT2D eigenvalue weighted by Gasteiger charge is -2.13. The van der Waals surface area contributed by atoms with E-state index in [0.29, 0.717) is 0 Å². The molecule has 3 nitrogen and oxygen atoms in total. The van der Waals surface area contributed by atoms with Crippen LogP contribution in [0.15, 0.2) is 11.7 Å². The average Bonchev–Trinajstić information content (AvgIpc) is 3.05. The van der Waals surface area contributed by atoms with Gasteiger partial charge in [-0.2, -0.15) is 0 Å². The SMILES string of the molecule is CCCNC(c1cncs1)c1nc2c(s1)CCC2. The molecule has 1 unspecified atom stereocenters. The maximum Gasteiger partial charge on any atom is 0.116 e. The second-order valence-corrected chi connectivity index (χ2v) is 6.60. The molecule has 1 aliphatic carbocycles. The second-order valence-electron chi connectivity index (χ2n) is 4.57. The molecule has 0 fully saturated rings. The van der Waals surface area contributed by atoms with E-state index < -0.39 is 0 Å². The van der Waals surface area contributed by atoms with Gasteiger partial charge in [-0.1, -0.05) is 6.92 Å². The van der Waals surface area contributed by atoms with Crippen molar-refractivity contribution in [1.82, 2.24) is 15.3 Å². The van der Waals surface area contributed by atoms with Crippen LogP contribution in [-0.2, 0) is 12.8 Å². The molecule has 2 aromatic rings. The molecule has 0 bridgehead atoms. The highest BCUT2D eigenvalue weighted by atomic mass is 32.1. The van der Waals surface area contributed by atoms with Crippen molar-refractivity contribution >= 4 is 22.7 Å². The maximum atomic E-state index is 4.83. The first-order valence-electron chi connectivity index (χ1n) is 6.48. The van der Waals surface area contributed by atoms with Crippen LogP contribution in [0, 0.1) is 0 Å². The lowest BCUT2D eigenvalue weighted by Crippen LogP contribution is -2.22. The van der Waals surface area contributed by atoms with Gasteiger partial charge in [0.25, 0.3) is 0 Å². The molecule has 0 spiro atoms. The predicted octanol–water partition coefficient (Wildman–Crippen LogP) is 3.18. The monoisotopic (exact) mass is 279 g/mol. The molecule has 0 radical (unpaired) electrons. The summed E-state index contributed by atoms with van der Waals surface area (Å²) in [5.74, 6) is 0. The van der Waals surface area contributed by atoms with Gasteiger partial charge in [0.15, 0.2) is 0 Å². The predicted molar refractivity (Wildman–Crippen MR) is 76.4 cm³/mol. The van der Waals surface area contributed by atoms with Gasteiger partial charge in [0, 0.05) is 16.0 Å². The van der Waals surface area contributed by atoms with Crippen LogP contribution in [-0.4, -0.2) is 16.5 Å². The van der Waals surface area contributed by atoms with E-state index in [2.05, 4.69) is 17.2 Å². The first kappa shape index (κ1) is 12.3. The van der Waals surface area contributed by atoms with Crippen LogP contribution in [0.5, 0.6) is 0 Å². The van der Waals surface area contributed by atoms with Crippen molar-refractivity contribution in [3.63, 3.8) is 0 Å². The number of fused-ring (bicyclic) bond motifs is 1. The maximum absolute atomic E-state index is 4.83. The Morgan fingerprint density at radius 3 is 3.11 bits per heavy atom. The minimum atomic E-state index is 0.244. The van der Waals surface area contributed by atoms with Crippen LogP contribution < -0.4 is 5.32 Å². The third kappa shape index (κ3) is 2.35. The molecule has 0 saturated heterocycles. The molecule has 1 N–H and O–H groups in total. The fourth-order valence-electron chi connectivity index (χ4n) is 2.30. The summed E-state index contributed by atoms with van der Waals surface area (Å²) in [4.78, 5) is 11.8. The van der Waals surface area contributed by atoms with Crippen LogP contribution in [0.2, 0.25) is 0 Å². The molecular formula is C13H17N3S2. The molecule has 0 aromatic carbocycles. The highest BCUT2D eigenvalue weighted by Crippen LogP contribution is 2.34. The van der Waals surface area contributed by atoms with Crippen molar-refractivity contribution in [2.24, 2.45) is 0 Å². The van der Waals surface area contributed by atoms with Gasteiger partial charge in [-0.05, 0) is 32.2 Å². The lowest BCUT2D eigenvalue weighted by atomic mass is 10.2. The van der Waals surface area contributed by atoms with Crippen LogP contribution in [0.4, 0.5) is 0 Å². The largest absolute Gasteiger partial charge is 0.304 e. The molecule has 2 heterocycles. The first-order valence-corrected chi connectivity index (χ1v) is 8.18. The van der Waals surface area contributed by atoms with Crippen molar-refractivity contribution in [3.8, 4) is 0 Å². The molecule has 1 atom stereocenters. The Labute approximate surface area is 115 Å². The van der Waals surface area contributed by atoms with E-state index in [0.717, 1.165) is 19.4 Å². The van der Waals surface area contributed by atoms with Crippen LogP contribution >= 0.6 is 22.7 Å². The standard InChI is InChI=1S/C13H17N3S2/c1-2-6-15-12(11-7-14-8-17-11)13-16-9-4-3-5-10(9)18-13/h7-8,12,15H,2-6H2,1H3. The van der Waals surface area contributed by atoms with E-state index >= 15 is 0 Å². The molecule has 0 aliphatic heterocycles. The first-order chi connectivity index (χ1) is 8.88. The molecule has 0 saturated carbocycles. The second kappa shape index (κ2) is 5.47. The molecule has 0 amide bonds. The van der Waals surface area contributed by atoms with Crippen LogP contribution in [0.25, 0.3) is 0 Å². The van der Waals surface area contributed by atoms with E-state index in [1.807, 2.05) is 23.0 Å². The van der Waals surface area contributed by atoms with Gasteiger partial charge in [0.1, 0.15) is 5.01 Å². The Bertz CT molecular complexity index is 483. The van der Waals surface area contributed by atoms with Crippen LogP contribution in [0.1, 0.15) is 46.3 Å². The Balaban J connectivity index is 1.87. The Hall–Kier alpha value is -0.780. The fraction of sp³-hybridized carbons (Fsp3) is 0.538. The quantitative estimate of drug-likeness (QED) is 0.913. The summed E-state index contributed by atoms with van der Waals surface area (Å²) < 4.78 is 0. The Morgan fingerprint density at radius 1 is 1.44 bits per heavy atom. The molecule has 5 heteroatoms. The molecular weight excluding hydrogens is 262 g/mol. The smallest absolute Gasteiger partial charge is 0.116 e. The van der Waals surface area contributed by atoms with Gasteiger partial charge in [-0.15, -0.1) is 22.7 Å². The van der Waals surface area contributed by atoms with Crippen molar-refractivity contribution in [2.75, 3.05) is 6.54 Å². The number of rotatable bonds is 5. The van der Waals surface area contributed by atoms with Gasteiger partial charge >= 0.3 is 0 Å². The number of nitrogens with zero attached hydrogens (tertiary/aromatic N) is 2. The number of aromatic nitrogens is 2. The summed E-state index contributed by atoms with van der Waals surface area (Å²) in [6.07, 6.45) is 6.76. The molecule has 96 valence electrons. The van der Waals surface area contributed by atoms with Crippen molar-refractivity contribution < 1.29 is 0 Å². The van der Waals surface area contributed by atoms with E-state index in [1.54, 1.807) is 11.3 Å². The molecule has 1 aliphatic rings. The minimum Gasteiger partial charge on any atom is -0.304 e. The zero-order valence-corrected chi connectivity index (χ0v) is 12.1.